The Morgan fingerprint density at radius 2 is 1.72 bits per heavy atom. The molecule has 2 amide bonds. The molecule has 7 heteroatoms. The first-order chi connectivity index (χ1) is 14.1. The van der Waals surface area contributed by atoms with E-state index in [1.165, 1.54) is 5.56 Å². The molecule has 1 aromatic heterocycles. The van der Waals surface area contributed by atoms with Gasteiger partial charge >= 0.3 is 6.09 Å². The van der Waals surface area contributed by atoms with Crippen LogP contribution in [0.4, 0.5) is 10.6 Å². The summed E-state index contributed by atoms with van der Waals surface area (Å²) in [5.74, 6) is 0.750. The third kappa shape index (κ3) is 5.25. The Morgan fingerprint density at radius 3 is 2.38 bits per heavy atom. The van der Waals surface area contributed by atoms with E-state index in [2.05, 4.69) is 28.9 Å². The number of pyridine rings is 1. The molecule has 0 unspecified atom stereocenters. The lowest BCUT2D eigenvalue weighted by atomic mass is 10.2. The number of hydrogen-bond acceptors (Lipinski definition) is 5. The molecule has 0 spiro atoms. The Balaban J connectivity index is 1.65. The molecule has 7 nitrogen and oxygen atoms in total. The smallest absolute Gasteiger partial charge is 0.409 e. The average molecular weight is 396 g/mol. The van der Waals surface area contributed by atoms with Crippen LogP contribution in [0.5, 0.6) is 0 Å². The Kier molecular flexibility index (Phi) is 7.05. The van der Waals surface area contributed by atoms with E-state index in [0.29, 0.717) is 38.3 Å². The maximum absolute atomic E-state index is 13.0. The highest BCUT2D eigenvalue weighted by Crippen LogP contribution is 2.18. The van der Waals surface area contributed by atoms with Crippen molar-refractivity contribution in [2.75, 3.05) is 44.2 Å². The van der Waals surface area contributed by atoms with E-state index in [1.54, 1.807) is 29.0 Å². The quantitative estimate of drug-likeness (QED) is 0.751. The van der Waals surface area contributed by atoms with E-state index in [-0.39, 0.29) is 12.0 Å². The highest BCUT2D eigenvalue weighted by Gasteiger charge is 2.26. The monoisotopic (exact) mass is 396 g/mol. The zero-order valence-electron chi connectivity index (χ0n) is 17.1. The molecule has 1 saturated heterocycles. The first-order valence-corrected chi connectivity index (χ1v) is 10.1. The largest absolute Gasteiger partial charge is 0.450 e. The molecule has 0 aliphatic carbocycles. The predicted octanol–water partition coefficient (Wildman–Crippen LogP) is 3.02. The second-order valence-corrected chi connectivity index (χ2v) is 6.88. The molecule has 0 bridgehead atoms. The van der Waals surface area contributed by atoms with Gasteiger partial charge in [-0.3, -0.25) is 4.79 Å². The van der Waals surface area contributed by atoms with Crippen LogP contribution in [0.2, 0.25) is 0 Å². The van der Waals surface area contributed by atoms with Crippen LogP contribution < -0.4 is 4.90 Å². The zero-order chi connectivity index (χ0) is 20.6. The number of hydrogen-bond donors (Lipinski definition) is 0. The molecule has 0 saturated carbocycles. The maximum atomic E-state index is 13.0. The Hall–Kier alpha value is -3.09. The summed E-state index contributed by atoms with van der Waals surface area (Å²) in [5.41, 5.74) is 1.81. The number of benzene rings is 1. The average Bonchev–Trinajstić information content (AvgIpc) is 2.78. The third-order valence-electron chi connectivity index (χ3n) is 5.01. The van der Waals surface area contributed by atoms with E-state index in [4.69, 9.17) is 4.74 Å². The number of piperazine rings is 1. The Labute approximate surface area is 171 Å². The van der Waals surface area contributed by atoms with Crippen molar-refractivity contribution in [3.05, 3.63) is 59.8 Å². The molecule has 3 rings (SSSR count). The van der Waals surface area contributed by atoms with Gasteiger partial charge in [0.25, 0.3) is 5.91 Å². The maximum Gasteiger partial charge on any atom is 0.409 e. The minimum absolute atomic E-state index is 0.0343. The summed E-state index contributed by atoms with van der Waals surface area (Å²) in [7, 11) is 0. The topological polar surface area (TPSA) is 66.0 Å². The van der Waals surface area contributed by atoms with E-state index in [1.807, 2.05) is 24.3 Å². The molecule has 2 aromatic rings. The molecule has 2 heterocycles. The summed E-state index contributed by atoms with van der Waals surface area (Å²) in [5, 5.41) is 0. The summed E-state index contributed by atoms with van der Waals surface area (Å²) in [6.45, 7) is 7.71. The molecule has 1 aromatic carbocycles. The van der Waals surface area contributed by atoms with Gasteiger partial charge in [-0.05, 0) is 31.5 Å². The van der Waals surface area contributed by atoms with E-state index >= 15 is 0 Å². The van der Waals surface area contributed by atoms with Crippen molar-refractivity contribution in [1.82, 2.24) is 14.8 Å². The fourth-order valence-corrected chi connectivity index (χ4v) is 3.37. The fourth-order valence-electron chi connectivity index (χ4n) is 3.37. The van der Waals surface area contributed by atoms with Crippen molar-refractivity contribution in [3.8, 4) is 0 Å². The summed E-state index contributed by atoms with van der Waals surface area (Å²) in [4.78, 5) is 34.8. The zero-order valence-corrected chi connectivity index (χ0v) is 17.1. The van der Waals surface area contributed by atoms with Crippen molar-refractivity contribution < 1.29 is 14.3 Å². The van der Waals surface area contributed by atoms with Gasteiger partial charge in [0.1, 0.15) is 5.82 Å². The van der Waals surface area contributed by atoms with Gasteiger partial charge in [-0.25, -0.2) is 9.78 Å². The van der Waals surface area contributed by atoms with Crippen LogP contribution in [0.15, 0.2) is 48.7 Å². The minimum atomic E-state index is -0.315. The second kappa shape index (κ2) is 9.91. The molecule has 0 atom stereocenters. The van der Waals surface area contributed by atoms with Crippen LogP contribution in [0.1, 0.15) is 29.8 Å². The number of anilines is 1. The van der Waals surface area contributed by atoms with Crippen molar-refractivity contribution in [2.45, 2.75) is 20.4 Å². The summed E-state index contributed by atoms with van der Waals surface area (Å²) in [6, 6.07) is 13.8. The van der Waals surface area contributed by atoms with Gasteiger partial charge < -0.3 is 19.4 Å². The van der Waals surface area contributed by atoms with Crippen molar-refractivity contribution in [1.29, 1.82) is 0 Å². The molecule has 1 aliphatic heterocycles. The standard InChI is InChI=1S/C22H28N4O3/c1-3-24(17-18-8-6-5-7-9-18)20-16-19(10-11-23-20)21(27)25-12-14-26(15-13-25)22(28)29-4-2/h5-11,16H,3-4,12-15,17H2,1-2H3. The van der Waals surface area contributed by atoms with Crippen molar-refractivity contribution in [2.24, 2.45) is 0 Å². The Morgan fingerprint density at radius 1 is 1.03 bits per heavy atom. The van der Waals surface area contributed by atoms with Gasteiger partial charge in [-0.1, -0.05) is 30.3 Å². The van der Waals surface area contributed by atoms with Gasteiger partial charge in [-0.15, -0.1) is 0 Å². The van der Waals surface area contributed by atoms with Gasteiger partial charge in [0.05, 0.1) is 6.61 Å². The van der Waals surface area contributed by atoms with Crippen LogP contribution in [-0.4, -0.2) is 66.1 Å². The van der Waals surface area contributed by atoms with Gasteiger partial charge in [-0.2, -0.15) is 0 Å². The number of rotatable bonds is 6. The van der Waals surface area contributed by atoms with Crippen LogP contribution in [0, 0.1) is 0 Å². The second-order valence-electron chi connectivity index (χ2n) is 6.88. The first-order valence-electron chi connectivity index (χ1n) is 10.1. The lowest BCUT2D eigenvalue weighted by Crippen LogP contribution is -2.50. The first kappa shape index (κ1) is 20.6. The number of nitrogens with zero attached hydrogens (tertiary/aromatic N) is 4. The fraction of sp³-hybridized carbons (Fsp3) is 0.409. The van der Waals surface area contributed by atoms with Crippen molar-refractivity contribution in [3.63, 3.8) is 0 Å². The molecular formula is C22H28N4O3. The molecule has 1 fully saturated rings. The van der Waals surface area contributed by atoms with Crippen LogP contribution in [0.3, 0.4) is 0 Å². The molecule has 29 heavy (non-hydrogen) atoms. The SMILES string of the molecule is CCOC(=O)N1CCN(C(=O)c2ccnc(N(CC)Cc3ccccc3)c2)CC1. The van der Waals surface area contributed by atoms with Gasteiger partial charge in [0.15, 0.2) is 0 Å². The minimum Gasteiger partial charge on any atom is -0.450 e. The number of carbonyl (C=O) groups excluding carboxylic acids is 2. The van der Waals surface area contributed by atoms with Gasteiger partial charge in [0, 0.05) is 51.0 Å². The molecular weight excluding hydrogens is 368 g/mol. The predicted molar refractivity (Wildman–Crippen MR) is 112 cm³/mol. The van der Waals surface area contributed by atoms with Crippen molar-refractivity contribution >= 4 is 17.8 Å². The summed E-state index contributed by atoms with van der Waals surface area (Å²) in [6.07, 6.45) is 1.37. The van der Waals surface area contributed by atoms with E-state index in [0.717, 1.165) is 18.9 Å². The van der Waals surface area contributed by atoms with E-state index in [9.17, 15) is 9.59 Å². The molecule has 1 aliphatic rings. The number of carbonyl (C=O) groups is 2. The van der Waals surface area contributed by atoms with E-state index < -0.39 is 0 Å². The third-order valence-corrected chi connectivity index (χ3v) is 5.01. The van der Waals surface area contributed by atoms with Gasteiger partial charge in [0.2, 0.25) is 0 Å². The number of amides is 2. The lowest BCUT2D eigenvalue weighted by molar-refractivity contribution is 0.0570. The Bertz CT molecular complexity index is 820. The normalized spacial score (nSPS) is 13.9. The molecule has 154 valence electrons. The van der Waals surface area contributed by atoms with Crippen LogP contribution in [-0.2, 0) is 11.3 Å². The van der Waals surface area contributed by atoms with Crippen LogP contribution in [0.25, 0.3) is 0 Å². The van der Waals surface area contributed by atoms with Crippen LogP contribution >= 0.6 is 0 Å². The lowest BCUT2D eigenvalue weighted by Gasteiger charge is -2.34. The summed E-state index contributed by atoms with van der Waals surface area (Å²) >= 11 is 0. The number of ether oxygens (including phenoxy) is 1. The number of aromatic nitrogens is 1. The molecule has 0 N–H and O–H groups in total. The highest BCUT2D eigenvalue weighted by atomic mass is 16.6. The highest BCUT2D eigenvalue weighted by molar-refractivity contribution is 5.95. The summed E-state index contributed by atoms with van der Waals surface area (Å²) < 4.78 is 5.03. The molecule has 0 radical (unpaired) electrons.